The van der Waals surface area contributed by atoms with Crippen LogP contribution in [0.1, 0.15) is 32.8 Å². The van der Waals surface area contributed by atoms with Crippen molar-refractivity contribution in [3.63, 3.8) is 0 Å². The molecule has 0 saturated heterocycles. The monoisotopic (exact) mass is 295 g/mol. The Labute approximate surface area is 126 Å². The predicted molar refractivity (Wildman–Crippen MR) is 84.9 cm³/mol. The van der Waals surface area contributed by atoms with Crippen molar-refractivity contribution in [1.29, 1.82) is 0 Å². The van der Waals surface area contributed by atoms with E-state index in [1.165, 1.54) is 6.07 Å². The van der Waals surface area contributed by atoms with E-state index in [1.54, 1.807) is 12.1 Å². The van der Waals surface area contributed by atoms with E-state index >= 15 is 0 Å². The van der Waals surface area contributed by atoms with Crippen molar-refractivity contribution < 1.29 is 9.13 Å². The summed E-state index contributed by atoms with van der Waals surface area (Å²) in [5, 5.41) is 6.37. The lowest BCUT2D eigenvalue weighted by molar-refractivity contribution is 0.0776. The van der Waals surface area contributed by atoms with Crippen LogP contribution in [0.2, 0.25) is 0 Å². The van der Waals surface area contributed by atoms with Gasteiger partial charge < -0.3 is 15.4 Å². The molecular weight excluding hydrogens is 269 g/mol. The van der Waals surface area contributed by atoms with E-state index in [0.29, 0.717) is 18.1 Å². The maximum atomic E-state index is 13.5. The first kappa shape index (κ1) is 17.4. The lowest BCUT2D eigenvalue weighted by Crippen LogP contribution is -2.38. The molecule has 1 aromatic carbocycles. The summed E-state index contributed by atoms with van der Waals surface area (Å²) in [7, 11) is 0. The number of benzene rings is 1. The van der Waals surface area contributed by atoms with E-state index in [0.717, 1.165) is 26.1 Å². The van der Waals surface area contributed by atoms with E-state index in [9.17, 15) is 4.39 Å². The maximum Gasteiger partial charge on any atom is 0.191 e. The van der Waals surface area contributed by atoms with Crippen molar-refractivity contribution in [2.75, 3.05) is 19.7 Å². The molecule has 0 atom stereocenters. The third kappa shape index (κ3) is 7.66. The van der Waals surface area contributed by atoms with E-state index in [1.807, 2.05) is 26.8 Å². The number of nitrogens with zero attached hydrogens (tertiary/aromatic N) is 1. The summed E-state index contributed by atoms with van der Waals surface area (Å²) in [5.74, 6) is 0.479. The normalized spacial score (nSPS) is 11.8. The fraction of sp³-hybridized carbons (Fsp3) is 0.562. The van der Waals surface area contributed by atoms with Gasteiger partial charge in [-0.1, -0.05) is 18.2 Å². The number of guanidine groups is 1. The van der Waals surface area contributed by atoms with Crippen molar-refractivity contribution >= 4 is 5.96 Å². The molecule has 5 heteroatoms. The summed E-state index contributed by atoms with van der Waals surface area (Å²) in [5.41, 5.74) is 0.595. The van der Waals surface area contributed by atoms with Crippen LogP contribution < -0.4 is 10.6 Å². The van der Waals surface area contributed by atoms with Crippen LogP contribution in [0.4, 0.5) is 4.39 Å². The predicted octanol–water partition coefficient (Wildman–Crippen LogP) is 2.70. The Balaban J connectivity index is 2.41. The van der Waals surface area contributed by atoms with Crippen LogP contribution in [0.15, 0.2) is 29.3 Å². The van der Waals surface area contributed by atoms with Crippen LogP contribution in [-0.2, 0) is 11.3 Å². The highest BCUT2D eigenvalue weighted by atomic mass is 19.1. The van der Waals surface area contributed by atoms with Gasteiger partial charge in [-0.15, -0.1) is 0 Å². The van der Waals surface area contributed by atoms with Gasteiger partial charge in [0.05, 0.1) is 12.6 Å². The molecule has 1 aromatic rings. The van der Waals surface area contributed by atoms with Crippen molar-refractivity contribution in [2.45, 2.75) is 39.8 Å². The lowest BCUT2D eigenvalue weighted by atomic mass is 10.2. The summed E-state index contributed by atoms with van der Waals surface area (Å²) in [6.07, 6.45) is 1.16. The molecule has 0 aliphatic carbocycles. The maximum absolute atomic E-state index is 13.5. The van der Waals surface area contributed by atoms with Crippen LogP contribution in [-0.4, -0.2) is 31.8 Å². The zero-order chi connectivity index (χ0) is 15.5. The number of rotatable bonds is 8. The van der Waals surface area contributed by atoms with Crippen LogP contribution in [0, 0.1) is 5.82 Å². The lowest BCUT2D eigenvalue weighted by Gasteiger charge is -2.12. The third-order valence-corrected chi connectivity index (χ3v) is 2.77. The molecule has 4 nitrogen and oxygen atoms in total. The first-order chi connectivity index (χ1) is 10.1. The zero-order valence-corrected chi connectivity index (χ0v) is 13.2. The van der Waals surface area contributed by atoms with Crippen LogP contribution in [0.3, 0.4) is 0 Å². The number of nitrogens with one attached hydrogen (secondary N) is 2. The van der Waals surface area contributed by atoms with Gasteiger partial charge in [-0.05, 0) is 33.3 Å². The highest BCUT2D eigenvalue weighted by Gasteiger charge is 2.01. The van der Waals surface area contributed by atoms with Gasteiger partial charge in [0, 0.05) is 25.3 Å². The van der Waals surface area contributed by atoms with Gasteiger partial charge in [0.2, 0.25) is 0 Å². The van der Waals surface area contributed by atoms with Crippen molar-refractivity contribution in [2.24, 2.45) is 4.99 Å². The molecule has 0 radical (unpaired) electrons. The number of aliphatic imine (C=N–C) groups is 1. The Morgan fingerprint density at radius 3 is 2.71 bits per heavy atom. The smallest absolute Gasteiger partial charge is 0.191 e. The first-order valence-electron chi connectivity index (χ1n) is 7.50. The van der Waals surface area contributed by atoms with E-state index in [-0.39, 0.29) is 11.9 Å². The highest BCUT2D eigenvalue weighted by molar-refractivity contribution is 5.79. The van der Waals surface area contributed by atoms with E-state index in [4.69, 9.17) is 4.74 Å². The Morgan fingerprint density at radius 1 is 1.29 bits per heavy atom. The second-order valence-electron chi connectivity index (χ2n) is 4.99. The molecule has 118 valence electrons. The van der Waals surface area contributed by atoms with Crippen LogP contribution in [0.5, 0.6) is 0 Å². The van der Waals surface area contributed by atoms with Gasteiger partial charge in [-0.25, -0.2) is 9.38 Å². The first-order valence-corrected chi connectivity index (χ1v) is 7.50. The Hall–Kier alpha value is -1.62. The highest BCUT2D eigenvalue weighted by Crippen LogP contribution is 2.07. The van der Waals surface area contributed by atoms with Crippen molar-refractivity contribution in [1.82, 2.24) is 10.6 Å². The largest absolute Gasteiger partial charge is 0.379 e. The average molecular weight is 295 g/mol. The van der Waals surface area contributed by atoms with Crippen molar-refractivity contribution in [3.8, 4) is 0 Å². The minimum atomic E-state index is -0.220. The average Bonchev–Trinajstić information content (AvgIpc) is 2.45. The number of ether oxygens (including phenoxy) is 1. The summed E-state index contributed by atoms with van der Waals surface area (Å²) in [4.78, 5) is 4.39. The molecule has 1 rings (SSSR count). The van der Waals surface area contributed by atoms with Gasteiger partial charge in [-0.2, -0.15) is 0 Å². The number of hydrogen-bond acceptors (Lipinski definition) is 2. The van der Waals surface area contributed by atoms with Gasteiger partial charge in [0.25, 0.3) is 0 Å². The molecular formula is C16H26FN3O. The zero-order valence-electron chi connectivity index (χ0n) is 13.2. The minimum absolute atomic E-state index is 0.220. The second kappa shape index (κ2) is 10.2. The standard InChI is InChI=1S/C16H26FN3O/c1-4-18-16(19-10-7-11-21-13(2)3)20-12-14-8-5-6-9-15(14)17/h5-6,8-9,13H,4,7,10-12H2,1-3H3,(H2,18,19,20). The third-order valence-electron chi connectivity index (χ3n) is 2.77. The van der Waals surface area contributed by atoms with Gasteiger partial charge in [0.15, 0.2) is 5.96 Å². The topological polar surface area (TPSA) is 45.7 Å². The summed E-state index contributed by atoms with van der Waals surface area (Å²) >= 11 is 0. The Bertz CT molecular complexity index is 435. The molecule has 0 saturated carbocycles. The van der Waals surface area contributed by atoms with E-state index < -0.39 is 0 Å². The fourth-order valence-corrected chi connectivity index (χ4v) is 1.73. The quantitative estimate of drug-likeness (QED) is 0.440. The van der Waals surface area contributed by atoms with Gasteiger partial charge in [-0.3, -0.25) is 0 Å². The Morgan fingerprint density at radius 2 is 2.05 bits per heavy atom. The summed E-state index contributed by atoms with van der Waals surface area (Å²) in [6, 6.07) is 6.70. The van der Waals surface area contributed by atoms with Gasteiger partial charge >= 0.3 is 0 Å². The number of halogens is 1. The summed E-state index contributed by atoms with van der Waals surface area (Å²) < 4.78 is 19.0. The van der Waals surface area contributed by atoms with Crippen LogP contribution in [0.25, 0.3) is 0 Å². The second-order valence-corrected chi connectivity index (χ2v) is 4.99. The SMILES string of the molecule is CCNC(=NCc1ccccc1F)NCCCOC(C)C. The molecule has 0 bridgehead atoms. The fourth-order valence-electron chi connectivity index (χ4n) is 1.73. The van der Waals surface area contributed by atoms with Gasteiger partial charge in [0.1, 0.15) is 5.82 Å². The van der Waals surface area contributed by atoms with Crippen molar-refractivity contribution in [3.05, 3.63) is 35.6 Å². The molecule has 0 amide bonds. The summed E-state index contributed by atoms with van der Waals surface area (Å²) in [6.45, 7) is 8.63. The molecule has 21 heavy (non-hydrogen) atoms. The molecule has 2 N–H and O–H groups in total. The molecule has 0 aromatic heterocycles. The molecule has 0 aliphatic heterocycles. The minimum Gasteiger partial charge on any atom is -0.379 e. The number of hydrogen-bond donors (Lipinski definition) is 2. The molecule has 0 fully saturated rings. The molecule has 0 unspecified atom stereocenters. The van der Waals surface area contributed by atoms with E-state index in [2.05, 4.69) is 15.6 Å². The van der Waals surface area contributed by atoms with Crippen LogP contribution >= 0.6 is 0 Å². The molecule has 0 spiro atoms. The molecule has 0 heterocycles. The Kier molecular flexibility index (Phi) is 8.43. The molecule has 0 aliphatic rings.